The Kier molecular flexibility index (Phi) is 6.26. The van der Waals surface area contributed by atoms with Crippen LogP contribution in [0, 0.1) is 0 Å². The van der Waals surface area contributed by atoms with Gasteiger partial charge < -0.3 is 16.0 Å². The topological polar surface area (TPSA) is 105 Å². The van der Waals surface area contributed by atoms with Gasteiger partial charge in [0.25, 0.3) is 0 Å². The van der Waals surface area contributed by atoms with Crippen molar-refractivity contribution in [1.29, 1.82) is 0 Å². The molecule has 3 aromatic rings. The molecule has 1 saturated heterocycles. The Labute approximate surface area is 185 Å². The lowest BCUT2D eigenvalue weighted by Gasteiger charge is -2.29. The van der Waals surface area contributed by atoms with Gasteiger partial charge in [-0.15, -0.1) is 0 Å². The number of amides is 2. The number of nitrogens with zero attached hydrogens (tertiary/aromatic N) is 2. The second-order valence-corrected chi connectivity index (χ2v) is 7.73. The van der Waals surface area contributed by atoms with Crippen molar-refractivity contribution in [1.82, 2.24) is 4.98 Å². The summed E-state index contributed by atoms with van der Waals surface area (Å²) >= 11 is 0. The molecule has 7 nitrogen and oxygen atoms in total. The van der Waals surface area contributed by atoms with E-state index in [0.717, 1.165) is 48.2 Å². The molecule has 0 atom stereocenters. The van der Waals surface area contributed by atoms with E-state index in [1.54, 1.807) is 24.3 Å². The van der Waals surface area contributed by atoms with Crippen molar-refractivity contribution in [3.05, 3.63) is 71.8 Å². The molecule has 1 aromatic heterocycles. The number of pyridine rings is 1. The van der Waals surface area contributed by atoms with Crippen molar-refractivity contribution < 1.29 is 14.4 Å². The summed E-state index contributed by atoms with van der Waals surface area (Å²) in [6.07, 6.45) is 6.85. The van der Waals surface area contributed by atoms with Crippen LogP contribution in [0.4, 0.5) is 11.5 Å². The Balaban J connectivity index is 1.57. The highest BCUT2D eigenvalue weighted by Gasteiger charge is 2.16. The Morgan fingerprint density at radius 2 is 1.69 bits per heavy atom. The van der Waals surface area contributed by atoms with Gasteiger partial charge in [-0.3, -0.25) is 14.4 Å². The van der Waals surface area contributed by atoms with Crippen LogP contribution in [-0.2, 0) is 9.59 Å². The first-order chi connectivity index (χ1) is 15.5. The van der Waals surface area contributed by atoms with Gasteiger partial charge >= 0.3 is 11.8 Å². The lowest BCUT2D eigenvalue weighted by molar-refractivity contribution is -0.134. The van der Waals surface area contributed by atoms with Gasteiger partial charge in [0.15, 0.2) is 5.78 Å². The second kappa shape index (κ2) is 9.43. The molecule has 0 saturated carbocycles. The first-order valence-electron chi connectivity index (χ1n) is 10.6. The summed E-state index contributed by atoms with van der Waals surface area (Å²) in [5.74, 6) is -1.24. The molecule has 3 N–H and O–H groups in total. The number of nitrogens with one attached hydrogen (secondary N) is 1. The first-order valence-corrected chi connectivity index (χ1v) is 10.6. The highest BCUT2D eigenvalue weighted by atomic mass is 16.2. The van der Waals surface area contributed by atoms with Crippen molar-refractivity contribution in [2.45, 2.75) is 19.3 Å². The molecule has 0 radical (unpaired) electrons. The number of carbonyl (C=O) groups excluding carboxylic acids is 3. The second-order valence-electron chi connectivity index (χ2n) is 7.73. The van der Waals surface area contributed by atoms with Gasteiger partial charge in [-0.25, -0.2) is 4.98 Å². The lowest BCUT2D eigenvalue weighted by atomic mass is 10.1. The van der Waals surface area contributed by atoms with Crippen LogP contribution in [0.15, 0.2) is 60.7 Å². The molecule has 0 spiro atoms. The molecule has 1 aliphatic heterocycles. The Morgan fingerprint density at radius 1 is 0.969 bits per heavy atom. The molecule has 32 heavy (non-hydrogen) atoms. The van der Waals surface area contributed by atoms with Crippen molar-refractivity contribution in [3.63, 3.8) is 0 Å². The Bertz CT molecular complexity index is 1200. The number of benzene rings is 2. The maximum absolute atomic E-state index is 12.7. The fourth-order valence-corrected chi connectivity index (χ4v) is 3.78. The predicted molar refractivity (Wildman–Crippen MR) is 125 cm³/mol. The molecular formula is C25H24N4O3. The van der Waals surface area contributed by atoms with E-state index < -0.39 is 11.8 Å². The van der Waals surface area contributed by atoms with E-state index in [0.29, 0.717) is 11.3 Å². The highest BCUT2D eigenvalue weighted by Crippen LogP contribution is 2.27. The van der Waals surface area contributed by atoms with Gasteiger partial charge in [0.2, 0.25) is 0 Å². The zero-order valence-corrected chi connectivity index (χ0v) is 17.6. The average molecular weight is 428 g/mol. The maximum atomic E-state index is 12.7. The minimum Gasteiger partial charge on any atom is -0.361 e. The number of carbonyl (C=O) groups is 3. The number of allylic oxidation sites excluding steroid dienone is 1. The van der Waals surface area contributed by atoms with Gasteiger partial charge in [0, 0.05) is 35.3 Å². The van der Waals surface area contributed by atoms with Gasteiger partial charge in [-0.05, 0) is 67.8 Å². The third-order valence-corrected chi connectivity index (χ3v) is 5.45. The molecule has 0 unspecified atom stereocenters. The van der Waals surface area contributed by atoms with Crippen LogP contribution in [0.3, 0.4) is 0 Å². The van der Waals surface area contributed by atoms with Gasteiger partial charge in [-0.1, -0.05) is 18.2 Å². The number of aromatic nitrogens is 1. The van der Waals surface area contributed by atoms with Crippen LogP contribution in [0.1, 0.15) is 35.2 Å². The predicted octanol–water partition coefficient (Wildman–Crippen LogP) is 3.55. The Morgan fingerprint density at radius 3 is 2.41 bits per heavy atom. The lowest BCUT2D eigenvalue weighted by Crippen LogP contribution is -2.30. The zero-order chi connectivity index (χ0) is 22.5. The van der Waals surface area contributed by atoms with Crippen molar-refractivity contribution in [3.8, 4) is 0 Å². The molecule has 0 aliphatic carbocycles. The summed E-state index contributed by atoms with van der Waals surface area (Å²) in [4.78, 5) is 42.1. The third kappa shape index (κ3) is 4.83. The van der Waals surface area contributed by atoms with Crippen LogP contribution in [0.2, 0.25) is 0 Å². The van der Waals surface area contributed by atoms with E-state index in [1.165, 1.54) is 12.5 Å². The minimum absolute atomic E-state index is 0.171. The van der Waals surface area contributed by atoms with Crippen LogP contribution < -0.4 is 16.0 Å². The SMILES string of the molecule is NC(=O)C(=O)Nc1ccc(C(=O)C=Cc2cc3ccccc3nc2N2CCCCC2)cc1. The summed E-state index contributed by atoms with van der Waals surface area (Å²) in [6.45, 7) is 1.91. The van der Waals surface area contributed by atoms with E-state index in [1.807, 2.05) is 30.3 Å². The molecule has 162 valence electrons. The monoisotopic (exact) mass is 428 g/mol. The number of primary amides is 1. The number of nitrogens with two attached hydrogens (primary N) is 1. The molecule has 1 fully saturated rings. The fraction of sp³-hybridized carbons (Fsp3) is 0.200. The maximum Gasteiger partial charge on any atom is 0.313 e. The number of ketones is 1. The van der Waals surface area contributed by atoms with Crippen LogP contribution in [0.5, 0.6) is 0 Å². The van der Waals surface area contributed by atoms with Gasteiger partial charge in [0.05, 0.1) is 5.52 Å². The molecular weight excluding hydrogens is 404 g/mol. The van der Waals surface area contributed by atoms with Gasteiger partial charge in [-0.2, -0.15) is 0 Å². The average Bonchev–Trinajstić information content (AvgIpc) is 2.83. The van der Waals surface area contributed by atoms with E-state index >= 15 is 0 Å². The molecule has 0 bridgehead atoms. The highest BCUT2D eigenvalue weighted by molar-refractivity contribution is 6.39. The van der Waals surface area contributed by atoms with E-state index in [2.05, 4.69) is 16.3 Å². The minimum atomic E-state index is -1.07. The van der Waals surface area contributed by atoms with Crippen molar-refractivity contribution in [2.24, 2.45) is 5.73 Å². The number of hydrogen-bond donors (Lipinski definition) is 2. The number of para-hydroxylation sites is 1. The molecule has 7 heteroatoms. The van der Waals surface area contributed by atoms with E-state index in [4.69, 9.17) is 10.7 Å². The standard InChI is InChI=1S/C25H24N4O3/c26-23(31)25(32)27-20-11-8-17(9-12-20)22(30)13-10-19-16-18-6-2-3-7-21(18)28-24(19)29-14-4-1-5-15-29/h2-3,6-13,16H,1,4-5,14-15H2,(H2,26,31)(H,27,32). The summed E-state index contributed by atoms with van der Waals surface area (Å²) < 4.78 is 0. The Hall–Kier alpha value is -4.00. The number of hydrogen-bond acceptors (Lipinski definition) is 5. The third-order valence-electron chi connectivity index (χ3n) is 5.45. The number of rotatable bonds is 5. The van der Waals surface area contributed by atoms with E-state index in [-0.39, 0.29) is 5.78 Å². The summed E-state index contributed by atoms with van der Waals surface area (Å²) in [6, 6.07) is 16.3. The summed E-state index contributed by atoms with van der Waals surface area (Å²) in [5.41, 5.74) is 7.63. The fourth-order valence-electron chi connectivity index (χ4n) is 3.78. The normalized spacial score (nSPS) is 13.9. The van der Waals surface area contributed by atoms with Crippen LogP contribution in [0.25, 0.3) is 17.0 Å². The van der Waals surface area contributed by atoms with E-state index in [9.17, 15) is 14.4 Å². The molecule has 2 amide bonds. The number of piperidine rings is 1. The first kappa shape index (κ1) is 21.2. The smallest absolute Gasteiger partial charge is 0.313 e. The number of fused-ring (bicyclic) bond motifs is 1. The molecule has 2 aromatic carbocycles. The van der Waals surface area contributed by atoms with Crippen LogP contribution >= 0.6 is 0 Å². The molecule has 2 heterocycles. The summed E-state index contributed by atoms with van der Waals surface area (Å²) in [7, 11) is 0. The van der Waals surface area contributed by atoms with Crippen LogP contribution in [-0.4, -0.2) is 35.7 Å². The molecule has 1 aliphatic rings. The number of anilines is 2. The van der Waals surface area contributed by atoms with Gasteiger partial charge in [0.1, 0.15) is 5.82 Å². The zero-order valence-electron chi connectivity index (χ0n) is 17.6. The largest absolute Gasteiger partial charge is 0.361 e. The van der Waals surface area contributed by atoms with Crippen molar-refractivity contribution >= 4 is 46.1 Å². The summed E-state index contributed by atoms with van der Waals surface area (Å²) in [5, 5.41) is 3.39. The van der Waals surface area contributed by atoms with Crippen molar-refractivity contribution in [2.75, 3.05) is 23.3 Å². The quantitative estimate of drug-likeness (QED) is 0.367. The molecule has 4 rings (SSSR count).